The summed E-state index contributed by atoms with van der Waals surface area (Å²) in [5, 5.41) is 3.43. The lowest BCUT2D eigenvalue weighted by molar-refractivity contribution is 0.387. The molecule has 0 spiro atoms. The van der Waals surface area contributed by atoms with Gasteiger partial charge in [0, 0.05) is 31.5 Å². The topological polar surface area (TPSA) is 15.3 Å². The van der Waals surface area contributed by atoms with Gasteiger partial charge in [0.1, 0.15) is 0 Å². The molecule has 2 heterocycles. The van der Waals surface area contributed by atoms with Crippen LogP contribution in [0.2, 0.25) is 0 Å². The van der Waals surface area contributed by atoms with Crippen molar-refractivity contribution in [1.29, 1.82) is 0 Å². The Morgan fingerprint density at radius 3 is 3.00 bits per heavy atom. The van der Waals surface area contributed by atoms with Gasteiger partial charge in [0.25, 0.3) is 0 Å². The van der Waals surface area contributed by atoms with E-state index in [4.69, 9.17) is 0 Å². The summed E-state index contributed by atoms with van der Waals surface area (Å²) < 4.78 is 0. The molecule has 0 aromatic carbocycles. The molecule has 2 heteroatoms. The van der Waals surface area contributed by atoms with Crippen LogP contribution in [0, 0.1) is 0 Å². The predicted molar refractivity (Wildman–Crippen MR) is 55.3 cm³/mol. The van der Waals surface area contributed by atoms with E-state index in [0.717, 1.165) is 19.6 Å². The van der Waals surface area contributed by atoms with E-state index in [0.29, 0.717) is 0 Å². The lowest BCUT2D eigenvalue weighted by Crippen LogP contribution is -2.39. The third kappa shape index (κ3) is 1.78. The first-order chi connectivity index (χ1) is 6.27. The molecule has 72 valence electrons. The van der Waals surface area contributed by atoms with E-state index >= 15 is 0 Å². The van der Waals surface area contributed by atoms with Crippen LogP contribution in [-0.2, 0) is 0 Å². The molecule has 0 aliphatic carbocycles. The van der Waals surface area contributed by atoms with Gasteiger partial charge in [-0.2, -0.15) is 0 Å². The summed E-state index contributed by atoms with van der Waals surface area (Å²) in [7, 11) is 0. The highest BCUT2D eigenvalue weighted by molar-refractivity contribution is 5.22. The molecule has 0 bridgehead atoms. The van der Waals surface area contributed by atoms with Gasteiger partial charge in [0.2, 0.25) is 0 Å². The maximum atomic E-state index is 3.43. The van der Waals surface area contributed by atoms with Crippen LogP contribution in [0.4, 0.5) is 0 Å². The molecule has 0 radical (unpaired) electrons. The van der Waals surface area contributed by atoms with Gasteiger partial charge >= 0.3 is 0 Å². The molecular weight excluding hydrogens is 160 g/mol. The van der Waals surface area contributed by atoms with E-state index in [1.54, 1.807) is 5.57 Å². The Hall–Kier alpha value is -0.760. The molecule has 1 saturated heterocycles. The van der Waals surface area contributed by atoms with Gasteiger partial charge in [-0.15, -0.1) is 0 Å². The van der Waals surface area contributed by atoms with Crippen molar-refractivity contribution in [3.05, 3.63) is 23.0 Å². The Morgan fingerprint density at radius 2 is 2.15 bits per heavy atom. The zero-order valence-electron chi connectivity index (χ0n) is 8.56. The fourth-order valence-corrected chi connectivity index (χ4v) is 2.04. The van der Waals surface area contributed by atoms with E-state index in [9.17, 15) is 0 Å². The van der Waals surface area contributed by atoms with Gasteiger partial charge in [0.05, 0.1) is 0 Å². The molecule has 1 fully saturated rings. The highest BCUT2D eigenvalue weighted by Crippen LogP contribution is 2.24. The van der Waals surface area contributed by atoms with Gasteiger partial charge in [-0.1, -0.05) is 11.1 Å². The number of nitrogens with one attached hydrogen (secondary N) is 1. The number of piperazine rings is 1. The summed E-state index contributed by atoms with van der Waals surface area (Å²) in [5.41, 5.74) is 4.57. The first-order valence-corrected chi connectivity index (χ1v) is 5.10. The van der Waals surface area contributed by atoms with E-state index in [1.807, 2.05) is 0 Å². The highest BCUT2D eigenvalue weighted by Gasteiger charge is 2.17. The molecule has 2 aliphatic rings. The van der Waals surface area contributed by atoms with Gasteiger partial charge in [-0.25, -0.2) is 0 Å². The van der Waals surface area contributed by atoms with Crippen LogP contribution in [0.1, 0.15) is 26.7 Å². The van der Waals surface area contributed by atoms with Crippen LogP contribution in [0.15, 0.2) is 23.0 Å². The van der Waals surface area contributed by atoms with Crippen LogP contribution in [0.25, 0.3) is 0 Å². The zero-order chi connectivity index (χ0) is 9.26. The van der Waals surface area contributed by atoms with Crippen LogP contribution < -0.4 is 5.32 Å². The SMILES string of the molecule is CC1=CN2CCNCC2=C(C)CC1. The summed E-state index contributed by atoms with van der Waals surface area (Å²) in [6.07, 6.45) is 4.79. The number of rotatable bonds is 0. The first kappa shape index (κ1) is 8.82. The molecular formula is C11H18N2. The Morgan fingerprint density at radius 1 is 1.31 bits per heavy atom. The molecule has 0 atom stereocenters. The quantitative estimate of drug-likeness (QED) is 0.609. The lowest BCUT2D eigenvalue weighted by atomic mass is 10.1. The van der Waals surface area contributed by atoms with E-state index < -0.39 is 0 Å². The standard InChI is InChI=1S/C11H18N2/c1-9-3-4-10(2)11-7-12-5-6-13(11)8-9/h8,12H,3-7H2,1-2H3. The third-order valence-corrected chi connectivity index (χ3v) is 2.93. The first-order valence-electron chi connectivity index (χ1n) is 5.10. The van der Waals surface area contributed by atoms with Gasteiger partial charge in [0.15, 0.2) is 0 Å². The number of nitrogens with zero attached hydrogens (tertiary/aromatic N) is 1. The molecule has 2 nitrogen and oxygen atoms in total. The number of fused-ring (bicyclic) bond motifs is 1. The molecule has 0 aromatic heterocycles. The van der Waals surface area contributed by atoms with E-state index in [-0.39, 0.29) is 0 Å². The second-order valence-electron chi connectivity index (χ2n) is 4.07. The van der Waals surface area contributed by atoms with E-state index in [1.165, 1.54) is 24.1 Å². The normalized spacial score (nSPS) is 23.8. The number of hydrogen-bond acceptors (Lipinski definition) is 2. The third-order valence-electron chi connectivity index (χ3n) is 2.93. The minimum atomic E-state index is 1.05. The molecule has 1 N–H and O–H groups in total. The minimum Gasteiger partial charge on any atom is -0.349 e. The number of allylic oxidation sites excluding steroid dienone is 2. The zero-order valence-corrected chi connectivity index (χ0v) is 8.56. The van der Waals surface area contributed by atoms with Crippen LogP contribution in [-0.4, -0.2) is 24.5 Å². The highest BCUT2D eigenvalue weighted by atomic mass is 15.2. The van der Waals surface area contributed by atoms with Crippen molar-refractivity contribution in [3.8, 4) is 0 Å². The Balaban J connectivity index is 2.27. The number of hydrogen-bond donors (Lipinski definition) is 1. The average Bonchev–Trinajstić information content (AvgIpc) is 2.27. The Bertz CT molecular complexity index is 263. The van der Waals surface area contributed by atoms with E-state index in [2.05, 4.69) is 30.3 Å². The summed E-state index contributed by atoms with van der Waals surface area (Å²) in [4.78, 5) is 2.42. The van der Waals surface area contributed by atoms with Crippen molar-refractivity contribution >= 4 is 0 Å². The van der Waals surface area contributed by atoms with Crippen molar-refractivity contribution < 1.29 is 0 Å². The largest absolute Gasteiger partial charge is 0.349 e. The van der Waals surface area contributed by atoms with Crippen molar-refractivity contribution in [3.63, 3.8) is 0 Å². The Labute approximate surface area is 80.3 Å². The summed E-state index contributed by atoms with van der Waals surface area (Å²) in [5.74, 6) is 0. The molecule has 0 saturated carbocycles. The fraction of sp³-hybridized carbons (Fsp3) is 0.636. The second-order valence-corrected chi connectivity index (χ2v) is 4.07. The summed E-state index contributed by atoms with van der Waals surface area (Å²) >= 11 is 0. The average molecular weight is 178 g/mol. The van der Waals surface area contributed by atoms with Crippen molar-refractivity contribution in [1.82, 2.24) is 10.2 Å². The lowest BCUT2D eigenvalue weighted by Gasteiger charge is -2.30. The molecule has 13 heavy (non-hydrogen) atoms. The van der Waals surface area contributed by atoms with Gasteiger partial charge < -0.3 is 10.2 Å². The monoisotopic (exact) mass is 178 g/mol. The van der Waals surface area contributed by atoms with Crippen molar-refractivity contribution in [2.24, 2.45) is 0 Å². The summed E-state index contributed by atoms with van der Waals surface area (Å²) in [6, 6.07) is 0. The van der Waals surface area contributed by atoms with Gasteiger partial charge in [-0.05, 0) is 26.7 Å². The van der Waals surface area contributed by atoms with Crippen molar-refractivity contribution in [2.75, 3.05) is 19.6 Å². The smallest absolute Gasteiger partial charge is 0.0359 e. The van der Waals surface area contributed by atoms with Crippen LogP contribution >= 0.6 is 0 Å². The Kier molecular flexibility index (Phi) is 2.40. The van der Waals surface area contributed by atoms with Crippen LogP contribution in [0.5, 0.6) is 0 Å². The molecule has 0 aromatic rings. The predicted octanol–water partition coefficient (Wildman–Crippen LogP) is 1.86. The molecule has 2 rings (SSSR count). The van der Waals surface area contributed by atoms with Crippen molar-refractivity contribution in [2.45, 2.75) is 26.7 Å². The maximum Gasteiger partial charge on any atom is 0.0359 e. The second kappa shape index (κ2) is 3.54. The molecule has 0 unspecified atom stereocenters. The van der Waals surface area contributed by atoms with Crippen LogP contribution in [0.3, 0.4) is 0 Å². The van der Waals surface area contributed by atoms with Gasteiger partial charge in [-0.3, -0.25) is 0 Å². The minimum absolute atomic E-state index is 1.05. The fourth-order valence-electron chi connectivity index (χ4n) is 2.04. The molecule has 0 amide bonds. The maximum absolute atomic E-state index is 3.43. The molecule has 2 aliphatic heterocycles. The summed E-state index contributed by atoms with van der Waals surface area (Å²) in [6.45, 7) is 7.79.